The molecule has 39 heavy (non-hydrogen) atoms. The van der Waals surface area contributed by atoms with Gasteiger partial charge >= 0.3 is 6.01 Å². The third-order valence-corrected chi connectivity index (χ3v) is 8.36. The number of nitrogens with zero attached hydrogens (tertiary/aromatic N) is 6. The number of carbonyl (C=O) groups excluding carboxylic acids is 1. The van der Waals surface area contributed by atoms with Crippen molar-refractivity contribution in [2.45, 2.75) is 44.6 Å². The molecule has 3 aliphatic heterocycles. The van der Waals surface area contributed by atoms with Gasteiger partial charge in [-0.2, -0.15) is 9.97 Å². The average Bonchev–Trinajstić information content (AvgIpc) is 3.56. The Balaban J connectivity index is 1.41. The van der Waals surface area contributed by atoms with Gasteiger partial charge in [-0.3, -0.25) is 9.69 Å². The van der Waals surface area contributed by atoms with Crippen molar-refractivity contribution in [2.24, 2.45) is 0 Å². The number of carbonyl (C=O) groups is 1. The fraction of sp³-hybridized carbons (Fsp3) is 0.536. The molecule has 1 amide bonds. The Labute approximate surface area is 234 Å². The highest BCUT2D eigenvalue weighted by atomic mass is 35.5. The van der Waals surface area contributed by atoms with Gasteiger partial charge in [0.15, 0.2) is 0 Å². The summed E-state index contributed by atoms with van der Waals surface area (Å²) >= 11 is 6.54. The third-order valence-electron chi connectivity index (χ3n) is 8.01. The van der Waals surface area contributed by atoms with Gasteiger partial charge < -0.3 is 29.3 Å². The number of rotatable bonds is 9. The second-order valence-corrected chi connectivity index (χ2v) is 10.8. The van der Waals surface area contributed by atoms with E-state index in [0.29, 0.717) is 63.0 Å². The Hall–Kier alpha value is -2.92. The van der Waals surface area contributed by atoms with E-state index in [9.17, 15) is 9.90 Å². The first-order chi connectivity index (χ1) is 18.9. The van der Waals surface area contributed by atoms with Gasteiger partial charge in [-0.15, -0.1) is 0 Å². The fourth-order valence-corrected chi connectivity index (χ4v) is 6.02. The van der Waals surface area contributed by atoms with Crippen molar-refractivity contribution in [1.29, 1.82) is 0 Å². The number of aliphatic hydroxyl groups is 1. The van der Waals surface area contributed by atoms with Crippen LogP contribution >= 0.6 is 11.6 Å². The van der Waals surface area contributed by atoms with Crippen LogP contribution in [0.4, 0.5) is 5.82 Å². The molecule has 0 bridgehead atoms. The zero-order valence-electron chi connectivity index (χ0n) is 22.7. The number of halogens is 1. The summed E-state index contributed by atoms with van der Waals surface area (Å²) in [6.45, 7) is 8.46. The third kappa shape index (κ3) is 5.84. The van der Waals surface area contributed by atoms with Crippen LogP contribution in [0, 0.1) is 0 Å². The van der Waals surface area contributed by atoms with Crippen LogP contribution < -0.4 is 14.4 Å². The largest absolute Gasteiger partial charge is 0.496 e. The number of amides is 1. The Morgan fingerprint density at radius 3 is 2.79 bits per heavy atom. The molecular formula is C28H37ClN6O4. The summed E-state index contributed by atoms with van der Waals surface area (Å²) in [6.07, 6.45) is 3.56. The second kappa shape index (κ2) is 12.1. The molecule has 2 fully saturated rings. The zero-order valence-corrected chi connectivity index (χ0v) is 23.4. The van der Waals surface area contributed by atoms with Crippen LogP contribution in [-0.2, 0) is 24.4 Å². The van der Waals surface area contributed by atoms with Gasteiger partial charge in [0.1, 0.15) is 18.2 Å². The first-order valence-corrected chi connectivity index (χ1v) is 13.8. The molecule has 210 valence electrons. The summed E-state index contributed by atoms with van der Waals surface area (Å²) in [7, 11) is 3.77. The predicted molar refractivity (Wildman–Crippen MR) is 149 cm³/mol. The van der Waals surface area contributed by atoms with E-state index in [-0.39, 0.29) is 18.6 Å². The molecule has 2 aromatic rings. The smallest absolute Gasteiger partial charge is 0.318 e. The molecule has 2 atom stereocenters. The molecule has 0 unspecified atom stereocenters. The van der Waals surface area contributed by atoms with Gasteiger partial charge in [-0.05, 0) is 44.6 Å². The van der Waals surface area contributed by atoms with E-state index >= 15 is 0 Å². The monoisotopic (exact) mass is 556 g/mol. The molecular weight excluding hydrogens is 520 g/mol. The van der Waals surface area contributed by atoms with Crippen LogP contribution in [0.15, 0.2) is 30.9 Å². The maximum absolute atomic E-state index is 12.4. The van der Waals surface area contributed by atoms with Gasteiger partial charge in [0.25, 0.3) is 0 Å². The van der Waals surface area contributed by atoms with Crippen LogP contribution in [0.5, 0.6) is 11.8 Å². The molecule has 10 nitrogen and oxygen atoms in total. The number of ether oxygens (including phenoxy) is 2. The molecule has 3 aliphatic rings. The number of piperazine rings is 1. The van der Waals surface area contributed by atoms with Crippen LogP contribution in [0.25, 0.3) is 0 Å². The van der Waals surface area contributed by atoms with Crippen LogP contribution in [0.3, 0.4) is 0 Å². The number of hydrogen-bond donors (Lipinski definition) is 1. The predicted octanol–water partition coefficient (Wildman–Crippen LogP) is 2.32. The number of hydrogen-bond acceptors (Lipinski definition) is 9. The quantitative estimate of drug-likeness (QED) is 0.467. The van der Waals surface area contributed by atoms with E-state index in [1.807, 2.05) is 18.2 Å². The number of likely N-dealkylation sites (tertiary alicyclic amines) is 1. The molecule has 2 saturated heterocycles. The summed E-state index contributed by atoms with van der Waals surface area (Å²) < 4.78 is 11.7. The molecule has 1 aromatic carbocycles. The molecule has 5 rings (SSSR count). The maximum atomic E-state index is 12.4. The minimum absolute atomic E-state index is 0.140. The normalized spacial score (nSPS) is 21.7. The van der Waals surface area contributed by atoms with Crippen molar-refractivity contribution < 1.29 is 19.4 Å². The minimum atomic E-state index is -0.351. The maximum Gasteiger partial charge on any atom is 0.318 e. The van der Waals surface area contributed by atoms with Gasteiger partial charge in [0.2, 0.25) is 5.91 Å². The number of aliphatic hydroxyl groups excluding tert-OH is 1. The number of methoxy groups -OCH3 is 1. The Kier molecular flexibility index (Phi) is 8.56. The summed E-state index contributed by atoms with van der Waals surface area (Å²) in [5, 5.41) is 10.7. The Morgan fingerprint density at radius 1 is 1.23 bits per heavy atom. The summed E-state index contributed by atoms with van der Waals surface area (Å²) in [4.78, 5) is 30.5. The lowest BCUT2D eigenvalue weighted by atomic mass is 10.1. The highest BCUT2D eigenvalue weighted by Gasteiger charge is 2.34. The van der Waals surface area contributed by atoms with Crippen LogP contribution in [0.1, 0.15) is 29.7 Å². The average molecular weight is 557 g/mol. The minimum Gasteiger partial charge on any atom is -0.496 e. The van der Waals surface area contributed by atoms with E-state index in [4.69, 9.17) is 31.0 Å². The molecule has 0 spiro atoms. The summed E-state index contributed by atoms with van der Waals surface area (Å²) in [5.74, 6) is 1.38. The van der Waals surface area contributed by atoms with Crippen molar-refractivity contribution in [3.8, 4) is 11.8 Å². The number of anilines is 1. The van der Waals surface area contributed by atoms with Crippen LogP contribution in [-0.4, -0.2) is 101 Å². The number of benzene rings is 1. The standard InChI is InChI=1S/C28H37ClN6O4/c1-4-26(37)35-12-11-34(13-20(35)17-36)27-22-15-33(14-21-23(29)8-5-9-25(21)38-3)16-24(22)30-28(31-27)39-18-19-7-6-10-32(19)2/h4-5,8-9,19-20,36H,1,6-7,10-18H2,2-3H3/t19-,20+/m0/s1. The van der Waals surface area contributed by atoms with E-state index in [0.717, 1.165) is 47.8 Å². The van der Waals surface area contributed by atoms with E-state index in [1.165, 1.54) is 6.08 Å². The van der Waals surface area contributed by atoms with Gasteiger partial charge in [-0.25, -0.2) is 0 Å². The number of likely N-dealkylation sites (N-methyl/N-ethyl adjacent to an activating group) is 1. The lowest BCUT2D eigenvalue weighted by Gasteiger charge is -2.41. The van der Waals surface area contributed by atoms with Crippen molar-refractivity contribution in [3.63, 3.8) is 0 Å². The summed E-state index contributed by atoms with van der Waals surface area (Å²) in [5.41, 5.74) is 2.89. The summed E-state index contributed by atoms with van der Waals surface area (Å²) in [6, 6.07) is 6.04. The lowest BCUT2D eigenvalue weighted by Crippen LogP contribution is -2.56. The highest BCUT2D eigenvalue weighted by molar-refractivity contribution is 6.31. The zero-order chi connectivity index (χ0) is 27.5. The fourth-order valence-electron chi connectivity index (χ4n) is 5.80. The molecule has 0 saturated carbocycles. The van der Waals surface area contributed by atoms with Crippen molar-refractivity contribution in [1.82, 2.24) is 24.7 Å². The highest BCUT2D eigenvalue weighted by Crippen LogP contribution is 2.35. The SMILES string of the molecule is C=CC(=O)N1CCN(c2nc(OC[C@@H]3CCCN3C)nc3c2CN(Cc2c(Cl)cccc2OC)C3)C[C@@H]1CO. The van der Waals surface area contributed by atoms with Crippen LogP contribution in [0.2, 0.25) is 5.02 Å². The van der Waals surface area contributed by atoms with Gasteiger partial charge in [0.05, 0.1) is 25.5 Å². The second-order valence-electron chi connectivity index (χ2n) is 10.4. The molecule has 1 N–H and O–H groups in total. The number of fused-ring (bicyclic) bond motifs is 1. The Bertz CT molecular complexity index is 1210. The lowest BCUT2D eigenvalue weighted by molar-refractivity contribution is -0.129. The topological polar surface area (TPSA) is 94.5 Å². The van der Waals surface area contributed by atoms with E-state index in [1.54, 1.807) is 12.0 Å². The van der Waals surface area contributed by atoms with Gasteiger partial charge in [-0.1, -0.05) is 24.2 Å². The van der Waals surface area contributed by atoms with Crippen molar-refractivity contribution in [3.05, 3.63) is 52.7 Å². The van der Waals surface area contributed by atoms with Crippen molar-refractivity contribution in [2.75, 3.05) is 58.5 Å². The molecule has 0 radical (unpaired) electrons. The Morgan fingerprint density at radius 2 is 2.08 bits per heavy atom. The van der Waals surface area contributed by atoms with Crippen molar-refractivity contribution >= 4 is 23.3 Å². The molecule has 0 aliphatic carbocycles. The number of aromatic nitrogens is 2. The molecule has 4 heterocycles. The van der Waals surface area contributed by atoms with E-state index in [2.05, 4.69) is 28.3 Å². The molecule has 11 heteroatoms. The first kappa shape index (κ1) is 27.6. The first-order valence-electron chi connectivity index (χ1n) is 13.5. The van der Waals surface area contributed by atoms with E-state index < -0.39 is 0 Å². The van der Waals surface area contributed by atoms with Gasteiger partial charge in [0, 0.05) is 61.5 Å². The molecule has 1 aromatic heterocycles.